The third kappa shape index (κ3) is 3.64. The number of rotatable bonds is 5. The van der Waals surface area contributed by atoms with Gasteiger partial charge < -0.3 is 14.0 Å². The lowest BCUT2D eigenvalue weighted by Crippen LogP contribution is -2.22. The van der Waals surface area contributed by atoms with E-state index in [0.29, 0.717) is 28.8 Å². The molecule has 0 radical (unpaired) electrons. The highest BCUT2D eigenvalue weighted by atomic mass is 35.5. The van der Waals surface area contributed by atoms with Crippen LogP contribution in [0.2, 0.25) is 5.02 Å². The molecule has 1 aliphatic rings. The molecular formula is C20H15ClFN5O3. The van der Waals surface area contributed by atoms with Gasteiger partial charge in [-0.25, -0.2) is 9.07 Å². The monoisotopic (exact) mass is 427 g/mol. The molecule has 1 aliphatic heterocycles. The summed E-state index contributed by atoms with van der Waals surface area (Å²) in [6, 6.07) is 13.2. The van der Waals surface area contributed by atoms with E-state index in [-0.39, 0.29) is 31.0 Å². The van der Waals surface area contributed by atoms with Gasteiger partial charge in [0.25, 0.3) is 5.89 Å². The maximum Gasteiger partial charge on any atom is 0.264 e. The second-order valence-electron chi connectivity index (χ2n) is 6.64. The van der Waals surface area contributed by atoms with Crippen molar-refractivity contribution in [2.24, 2.45) is 0 Å². The van der Waals surface area contributed by atoms with Crippen LogP contribution in [0.5, 0.6) is 5.75 Å². The van der Waals surface area contributed by atoms with Crippen LogP contribution in [0.15, 0.2) is 53.1 Å². The third-order valence-electron chi connectivity index (χ3n) is 4.71. The second-order valence-corrected chi connectivity index (χ2v) is 7.05. The minimum absolute atomic E-state index is 0.0488. The largest absolute Gasteiger partial charge is 0.484 e. The predicted octanol–water partition coefficient (Wildman–Crippen LogP) is 3.97. The fraction of sp³-hybridized carbons (Fsp3) is 0.200. The second kappa shape index (κ2) is 7.85. The van der Waals surface area contributed by atoms with Gasteiger partial charge in [-0.05, 0) is 30.3 Å². The summed E-state index contributed by atoms with van der Waals surface area (Å²) in [6.07, 6.45) is -0.217. The summed E-state index contributed by atoms with van der Waals surface area (Å²) >= 11 is 6.28. The zero-order valence-corrected chi connectivity index (χ0v) is 16.3. The molecule has 0 bridgehead atoms. The molecule has 1 unspecified atom stereocenters. The van der Waals surface area contributed by atoms with Gasteiger partial charge >= 0.3 is 0 Å². The fourth-order valence-corrected chi connectivity index (χ4v) is 3.45. The van der Waals surface area contributed by atoms with Gasteiger partial charge in [0.15, 0.2) is 12.3 Å². The fourth-order valence-electron chi connectivity index (χ4n) is 3.20. The first-order valence-corrected chi connectivity index (χ1v) is 9.55. The Balaban J connectivity index is 1.30. The quantitative estimate of drug-likeness (QED) is 0.476. The van der Waals surface area contributed by atoms with Crippen LogP contribution in [0.4, 0.5) is 4.39 Å². The molecule has 8 nitrogen and oxygen atoms in total. The maximum atomic E-state index is 13.0. The Morgan fingerprint density at radius 3 is 2.83 bits per heavy atom. The molecule has 0 spiro atoms. The van der Waals surface area contributed by atoms with E-state index >= 15 is 0 Å². The van der Waals surface area contributed by atoms with Crippen molar-refractivity contribution in [2.45, 2.75) is 25.9 Å². The number of ether oxygens (including phenoxy) is 2. The number of nitrogens with zero attached hydrogens (tertiary/aromatic N) is 5. The van der Waals surface area contributed by atoms with Gasteiger partial charge in [0.2, 0.25) is 5.82 Å². The van der Waals surface area contributed by atoms with E-state index in [1.807, 2.05) is 24.3 Å². The number of hydrogen-bond donors (Lipinski definition) is 0. The Morgan fingerprint density at radius 2 is 2.00 bits per heavy atom. The average molecular weight is 428 g/mol. The molecule has 5 rings (SSSR count). The zero-order chi connectivity index (χ0) is 20.5. The molecule has 30 heavy (non-hydrogen) atoms. The molecule has 0 saturated carbocycles. The van der Waals surface area contributed by atoms with Crippen molar-refractivity contribution in [2.75, 3.05) is 0 Å². The molecule has 10 heteroatoms. The number of aromatic nitrogens is 5. The van der Waals surface area contributed by atoms with Gasteiger partial charge in [-0.3, -0.25) is 0 Å². The maximum absolute atomic E-state index is 13.0. The van der Waals surface area contributed by atoms with Crippen LogP contribution < -0.4 is 4.74 Å². The van der Waals surface area contributed by atoms with E-state index in [1.54, 1.807) is 4.68 Å². The van der Waals surface area contributed by atoms with Crippen LogP contribution in [0.1, 0.15) is 23.3 Å². The first-order valence-electron chi connectivity index (χ1n) is 9.17. The van der Waals surface area contributed by atoms with Crippen LogP contribution in [0.3, 0.4) is 0 Å². The summed E-state index contributed by atoms with van der Waals surface area (Å²) in [6.45, 7) is 0.811. The Labute approximate surface area is 175 Å². The molecular weight excluding hydrogens is 413 g/mol. The Hall–Kier alpha value is -3.30. The van der Waals surface area contributed by atoms with Crippen LogP contribution in [0.25, 0.3) is 11.5 Å². The summed E-state index contributed by atoms with van der Waals surface area (Å²) in [5.41, 5.74) is 2.15. The van der Waals surface area contributed by atoms with Gasteiger partial charge in [-0.1, -0.05) is 40.2 Å². The molecule has 2 aromatic heterocycles. The lowest BCUT2D eigenvalue weighted by Gasteiger charge is -2.24. The van der Waals surface area contributed by atoms with Gasteiger partial charge in [0, 0.05) is 10.6 Å². The molecule has 152 valence electrons. The van der Waals surface area contributed by atoms with Crippen molar-refractivity contribution in [1.29, 1.82) is 0 Å². The average Bonchev–Trinajstić information content (AvgIpc) is 3.40. The minimum Gasteiger partial charge on any atom is -0.484 e. The lowest BCUT2D eigenvalue weighted by molar-refractivity contribution is -0.00106. The van der Waals surface area contributed by atoms with Crippen molar-refractivity contribution in [3.05, 3.63) is 76.5 Å². The Bertz CT molecular complexity index is 1180. The first-order chi connectivity index (χ1) is 14.7. The van der Waals surface area contributed by atoms with Gasteiger partial charge in [-0.2, -0.15) is 4.98 Å². The van der Waals surface area contributed by atoms with E-state index in [9.17, 15) is 4.39 Å². The smallest absolute Gasteiger partial charge is 0.264 e. The number of fused-ring (bicyclic) bond motifs is 1. The normalized spacial score (nSPS) is 15.7. The number of benzene rings is 2. The van der Waals surface area contributed by atoms with Crippen molar-refractivity contribution in [3.63, 3.8) is 0 Å². The SMILES string of the molecule is Fc1ccc(OCc2nc(-c3nnn4c3COC(c3ccccc3Cl)C4)no2)cc1. The summed E-state index contributed by atoms with van der Waals surface area (Å²) < 4.78 is 31.5. The van der Waals surface area contributed by atoms with Crippen molar-refractivity contribution in [1.82, 2.24) is 25.1 Å². The first kappa shape index (κ1) is 18.7. The number of halogens is 2. The molecule has 0 amide bonds. The van der Waals surface area contributed by atoms with Crippen LogP contribution >= 0.6 is 11.6 Å². The van der Waals surface area contributed by atoms with Crippen LogP contribution in [-0.4, -0.2) is 25.1 Å². The summed E-state index contributed by atoms with van der Waals surface area (Å²) in [5.74, 6) is 0.727. The van der Waals surface area contributed by atoms with E-state index in [2.05, 4.69) is 20.5 Å². The standard InChI is InChI=1S/C20H15ClFN5O3/c21-15-4-2-1-3-14(15)17-9-27-16(10-29-17)19(24-26-27)20-23-18(30-25-20)11-28-13-7-5-12(22)6-8-13/h1-8,17H,9-11H2. The van der Waals surface area contributed by atoms with E-state index in [4.69, 9.17) is 25.6 Å². The van der Waals surface area contributed by atoms with Gasteiger partial charge in [0.1, 0.15) is 17.7 Å². The van der Waals surface area contributed by atoms with E-state index in [0.717, 1.165) is 11.3 Å². The summed E-state index contributed by atoms with van der Waals surface area (Å²) in [5, 5.41) is 13.0. The van der Waals surface area contributed by atoms with Crippen molar-refractivity contribution < 1.29 is 18.4 Å². The van der Waals surface area contributed by atoms with Crippen LogP contribution in [-0.2, 0) is 24.5 Å². The molecule has 2 aromatic carbocycles. The molecule has 3 heterocycles. The minimum atomic E-state index is -0.335. The summed E-state index contributed by atoms with van der Waals surface area (Å²) in [7, 11) is 0. The van der Waals surface area contributed by atoms with Gasteiger partial charge in [-0.15, -0.1) is 5.10 Å². The number of hydrogen-bond acceptors (Lipinski definition) is 7. The molecule has 0 fully saturated rings. The highest BCUT2D eigenvalue weighted by Gasteiger charge is 2.28. The predicted molar refractivity (Wildman–Crippen MR) is 103 cm³/mol. The molecule has 4 aromatic rings. The van der Waals surface area contributed by atoms with E-state index < -0.39 is 0 Å². The summed E-state index contributed by atoms with van der Waals surface area (Å²) in [4.78, 5) is 4.32. The van der Waals surface area contributed by atoms with Crippen molar-refractivity contribution in [3.8, 4) is 17.3 Å². The van der Waals surface area contributed by atoms with E-state index in [1.165, 1.54) is 24.3 Å². The molecule has 0 N–H and O–H groups in total. The molecule has 1 atom stereocenters. The lowest BCUT2D eigenvalue weighted by atomic mass is 10.1. The third-order valence-corrected chi connectivity index (χ3v) is 5.05. The Morgan fingerprint density at radius 1 is 1.17 bits per heavy atom. The molecule has 0 aliphatic carbocycles. The van der Waals surface area contributed by atoms with Crippen molar-refractivity contribution >= 4 is 11.6 Å². The Kier molecular flexibility index (Phi) is 4.89. The highest BCUT2D eigenvalue weighted by Crippen LogP contribution is 2.32. The topological polar surface area (TPSA) is 88.1 Å². The van der Waals surface area contributed by atoms with Gasteiger partial charge in [0.05, 0.1) is 18.8 Å². The van der Waals surface area contributed by atoms with Crippen LogP contribution in [0, 0.1) is 5.82 Å². The zero-order valence-electron chi connectivity index (χ0n) is 15.5. The highest BCUT2D eigenvalue weighted by molar-refractivity contribution is 6.31. The molecule has 0 saturated heterocycles.